The van der Waals surface area contributed by atoms with Gasteiger partial charge >= 0.3 is 0 Å². The second-order valence-electron chi connectivity index (χ2n) is 6.79. The van der Waals surface area contributed by atoms with Crippen molar-refractivity contribution in [3.8, 4) is 11.5 Å². The van der Waals surface area contributed by atoms with Gasteiger partial charge in [0.1, 0.15) is 18.1 Å². The average molecular weight is 377 g/mol. The van der Waals surface area contributed by atoms with Crippen LogP contribution in [-0.2, 0) is 6.61 Å². The third-order valence-electron chi connectivity index (χ3n) is 4.72. The summed E-state index contributed by atoms with van der Waals surface area (Å²) in [5.41, 5.74) is 1.46. The summed E-state index contributed by atoms with van der Waals surface area (Å²) in [6.07, 6.45) is 3.25. The van der Waals surface area contributed by atoms with Gasteiger partial charge < -0.3 is 14.8 Å². The molecule has 0 aliphatic heterocycles. The van der Waals surface area contributed by atoms with E-state index in [1.165, 1.54) is 5.39 Å². The van der Waals surface area contributed by atoms with Gasteiger partial charge in [-0.05, 0) is 47.5 Å². The molecule has 3 aromatic rings. The van der Waals surface area contributed by atoms with Crippen LogP contribution < -0.4 is 14.8 Å². The minimum atomic E-state index is -0.0642. The molecule has 3 rings (SSSR count). The molecule has 0 unspecified atom stereocenters. The fourth-order valence-corrected chi connectivity index (χ4v) is 3.13. The largest absolute Gasteiger partial charge is 0.496 e. The Hall–Kier alpha value is -3.01. The topological polar surface area (TPSA) is 47.6 Å². The van der Waals surface area contributed by atoms with Gasteiger partial charge in [-0.15, -0.1) is 0 Å². The molecule has 0 fully saturated rings. The van der Waals surface area contributed by atoms with Gasteiger partial charge in [0.15, 0.2) is 0 Å². The first-order valence-corrected chi connectivity index (χ1v) is 9.78. The Balaban J connectivity index is 1.69. The Morgan fingerprint density at radius 2 is 1.79 bits per heavy atom. The lowest BCUT2D eigenvalue weighted by molar-refractivity contribution is 0.0952. The molecule has 0 atom stereocenters. The Bertz CT molecular complexity index is 936. The minimum Gasteiger partial charge on any atom is -0.496 e. The van der Waals surface area contributed by atoms with Gasteiger partial charge in [-0.25, -0.2) is 0 Å². The highest BCUT2D eigenvalue weighted by Crippen LogP contribution is 2.25. The number of fused-ring (bicyclic) bond motifs is 1. The first kappa shape index (κ1) is 19.7. The van der Waals surface area contributed by atoms with Crippen molar-refractivity contribution < 1.29 is 14.3 Å². The zero-order valence-corrected chi connectivity index (χ0v) is 16.5. The standard InChI is InChI=1S/C24H27NO3/c1-3-4-7-14-25-24(26)20-11-13-23(27-2)21(15-20)17-28-22-12-10-18-8-5-6-9-19(18)16-22/h5-6,8-13,15-16H,3-4,7,14,17H2,1-2H3,(H,25,26). The van der Waals surface area contributed by atoms with Gasteiger partial charge in [0.05, 0.1) is 7.11 Å². The van der Waals surface area contributed by atoms with Crippen molar-refractivity contribution in [3.05, 3.63) is 71.8 Å². The molecule has 4 heteroatoms. The Morgan fingerprint density at radius 3 is 2.57 bits per heavy atom. The van der Waals surface area contributed by atoms with Crippen LogP contribution in [0.4, 0.5) is 0 Å². The summed E-state index contributed by atoms with van der Waals surface area (Å²) >= 11 is 0. The number of unbranched alkanes of at least 4 members (excludes halogenated alkanes) is 2. The van der Waals surface area contributed by atoms with E-state index in [0.29, 0.717) is 24.5 Å². The summed E-state index contributed by atoms with van der Waals surface area (Å²) in [5.74, 6) is 1.43. The highest BCUT2D eigenvalue weighted by molar-refractivity contribution is 5.94. The Morgan fingerprint density at radius 1 is 0.964 bits per heavy atom. The van der Waals surface area contributed by atoms with Crippen molar-refractivity contribution in [2.75, 3.05) is 13.7 Å². The van der Waals surface area contributed by atoms with Gasteiger partial charge in [0, 0.05) is 17.7 Å². The molecule has 146 valence electrons. The maximum Gasteiger partial charge on any atom is 0.251 e. The van der Waals surface area contributed by atoms with Crippen molar-refractivity contribution in [2.45, 2.75) is 32.8 Å². The van der Waals surface area contributed by atoms with Crippen LogP contribution in [-0.4, -0.2) is 19.6 Å². The van der Waals surface area contributed by atoms with Crippen LogP contribution in [0.5, 0.6) is 11.5 Å². The quantitative estimate of drug-likeness (QED) is 0.512. The van der Waals surface area contributed by atoms with E-state index in [-0.39, 0.29) is 5.91 Å². The number of benzene rings is 3. The maximum absolute atomic E-state index is 12.4. The molecule has 0 spiro atoms. The molecule has 0 bridgehead atoms. The number of methoxy groups -OCH3 is 1. The van der Waals surface area contributed by atoms with Crippen molar-refractivity contribution in [1.82, 2.24) is 5.32 Å². The van der Waals surface area contributed by atoms with E-state index in [9.17, 15) is 4.79 Å². The van der Waals surface area contributed by atoms with Crippen LogP contribution in [0, 0.1) is 0 Å². The molecule has 0 saturated carbocycles. The first-order valence-electron chi connectivity index (χ1n) is 9.78. The minimum absolute atomic E-state index is 0.0642. The van der Waals surface area contributed by atoms with Gasteiger partial charge in [0.2, 0.25) is 0 Å². The predicted octanol–water partition coefficient (Wildman–Crippen LogP) is 5.35. The van der Waals surface area contributed by atoms with Crippen molar-refractivity contribution in [2.24, 2.45) is 0 Å². The van der Waals surface area contributed by atoms with Gasteiger partial charge in [0.25, 0.3) is 5.91 Å². The normalized spacial score (nSPS) is 10.6. The highest BCUT2D eigenvalue weighted by atomic mass is 16.5. The fraction of sp³-hybridized carbons (Fsp3) is 0.292. The summed E-state index contributed by atoms with van der Waals surface area (Å²) in [4.78, 5) is 12.4. The van der Waals surface area contributed by atoms with E-state index in [0.717, 1.165) is 36.0 Å². The van der Waals surface area contributed by atoms with E-state index in [2.05, 4.69) is 24.4 Å². The van der Waals surface area contributed by atoms with E-state index in [4.69, 9.17) is 9.47 Å². The zero-order chi connectivity index (χ0) is 19.8. The molecule has 1 N–H and O–H groups in total. The summed E-state index contributed by atoms with van der Waals surface area (Å²) in [6.45, 7) is 3.17. The molecule has 4 nitrogen and oxygen atoms in total. The van der Waals surface area contributed by atoms with Gasteiger partial charge in [-0.2, -0.15) is 0 Å². The van der Waals surface area contributed by atoms with Crippen LogP contribution in [0.3, 0.4) is 0 Å². The summed E-state index contributed by atoms with van der Waals surface area (Å²) in [6, 6.07) is 19.6. The van der Waals surface area contributed by atoms with Crippen LogP contribution in [0.15, 0.2) is 60.7 Å². The molecule has 0 aliphatic carbocycles. The SMILES string of the molecule is CCCCCNC(=O)c1ccc(OC)c(COc2ccc3ccccc3c2)c1. The highest BCUT2D eigenvalue weighted by Gasteiger charge is 2.11. The third kappa shape index (κ3) is 5.03. The summed E-state index contributed by atoms with van der Waals surface area (Å²) in [7, 11) is 1.62. The lowest BCUT2D eigenvalue weighted by Gasteiger charge is -2.13. The van der Waals surface area contributed by atoms with Crippen LogP contribution in [0.2, 0.25) is 0 Å². The maximum atomic E-state index is 12.4. The summed E-state index contributed by atoms with van der Waals surface area (Å²) in [5, 5.41) is 5.28. The molecule has 0 aliphatic rings. The lowest BCUT2D eigenvalue weighted by Crippen LogP contribution is -2.24. The smallest absolute Gasteiger partial charge is 0.251 e. The average Bonchev–Trinajstić information content (AvgIpc) is 2.74. The number of amides is 1. The van der Waals surface area contributed by atoms with Crippen molar-refractivity contribution in [3.63, 3.8) is 0 Å². The monoisotopic (exact) mass is 377 g/mol. The fourth-order valence-electron chi connectivity index (χ4n) is 3.13. The number of ether oxygens (including phenoxy) is 2. The molecule has 0 saturated heterocycles. The molecule has 0 heterocycles. The second-order valence-corrected chi connectivity index (χ2v) is 6.79. The van der Waals surface area contributed by atoms with E-state index in [1.54, 1.807) is 13.2 Å². The molecule has 0 radical (unpaired) electrons. The molecule has 0 aromatic heterocycles. The zero-order valence-electron chi connectivity index (χ0n) is 16.5. The second kappa shape index (κ2) is 9.79. The van der Waals surface area contributed by atoms with E-state index < -0.39 is 0 Å². The third-order valence-corrected chi connectivity index (χ3v) is 4.72. The number of carbonyl (C=O) groups excluding carboxylic acids is 1. The molecule has 28 heavy (non-hydrogen) atoms. The Labute approximate surface area is 166 Å². The van der Waals surface area contributed by atoms with Gasteiger partial charge in [-0.1, -0.05) is 50.1 Å². The number of hydrogen-bond acceptors (Lipinski definition) is 3. The number of hydrogen-bond donors (Lipinski definition) is 1. The lowest BCUT2D eigenvalue weighted by atomic mass is 10.1. The van der Waals surface area contributed by atoms with Crippen molar-refractivity contribution in [1.29, 1.82) is 0 Å². The van der Waals surface area contributed by atoms with Crippen LogP contribution in [0.1, 0.15) is 42.1 Å². The van der Waals surface area contributed by atoms with Gasteiger partial charge in [-0.3, -0.25) is 4.79 Å². The van der Waals surface area contributed by atoms with Crippen LogP contribution in [0.25, 0.3) is 10.8 Å². The molecular weight excluding hydrogens is 350 g/mol. The molecule has 1 amide bonds. The number of rotatable bonds is 9. The number of nitrogens with one attached hydrogen (secondary N) is 1. The Kier molecular flexibility index (Phi) is 6.90. The van der Waals surface area contributed by atoms with Crippen molar-refractivity contribution >= 4 is 16.7 Å². The van der Waals surface area contributed by atoms with E-state index in [1.807, 2.05) is 42.5 Å². The first-order chi connectivity index (χ1) is 13.7. The number of carbonyl (C=O) groups is 1. The van der Waals surface area contributed by atoms with Crippen LogP contribution >= 0.6 is 0 Å². The molecular formula is C24H27NO3. The summed E-state index contributed by atoms with van der Waals surface area (Å²) < 4.78 is 11.4. The predicted molar refractivity (Wildman–Crippen MR) is 113 cm³/mol. The molecule has 3 aromatic carbocycles. The van der Waals surface area contributed by atoms with E-state index >= 15 is 0 Å².